The Morgan fingerprint density at radius 2 is 1.75 bits per heavy atom. The van der Waals surface area contributed by atoms with Crippen molar-refractivity contribution in [2.24, 2.45) is 0 Å². The van der Waals surface area contributed by atoms with Crippen LogP contribution in [0.4, 0.5) is 11.4 Å². The normalized spacial score (nSPS) is 14.5. The number of carbonyl (C=O) groups excluding carboxylic acids is 1. The molecule has 126 valence electrons. The molecule has 0 saturated carbocycles. The van der Waals surface area contributed by atoms with E-state index in [9.17, 15) is 4.79 Å². The molecule has 1 N–H and O–H groups in total. The predicted molar refractivity (Wildman–Crippen MR) is 99.5 cm³/mol. The number of hydrogen-bond acceptors (Lipinski definition) is 3. The lowest BCUT2D eigenvalue weighted by Gasteiger charge is -2.36. The molecule has 1 heterocycles. The highest BCUT2D eigenvalue weighted by atomic mass is 16.2. The molecule has 2 aromatic carbocycles. The SMILES string of the molecule is Cc1cccc(N2CCN(C(=O)CCNc3ccccc3)CC2)c1. The summed E-state index contributed by atoms with van der Waals surface area (Å²) in [5.74, 6) is 0.238. The molecule has 0 bridgehead atoms. The Hall–Kier alpha value is -2.49. The molecule has 2 aromatic rings. The van der Waals surface area contributed by atoms with Gasteiger partial charge in [0.25, 0.3) is 0 Å². The van der Waals surface area contributed by atoms with Gasteiger partial charge in [0.1, 0.15) is 0 Å². The van der Waals surface area contributed by atoms with Gasteiger partial charge in [-0.2, -0.15) is 0 Å². The van der Waals surface area contributed by atoms with Gasteiger partial charge in [-0.25, -0.2) is 0 Å². The molecule has 1 fully saturated rings. The molecule has 0 aromatic heterocycles. The second kappa shape index (κ2) is 7.86. The van der Waals surface area contributed by atoms with Gasteiger partial charge in [0.2, 0.25) is 5.91 Å². The predicted octanol–water partition coefficient (Wildman–Crippen LogP) is 3.15. The van der Waals surface area contributed by atoms with E-state index in [1.165, 1.54) is 11.3 Å². The first-order valence-electron chi connectivity index (χ1n) is 8.61. The number of nitrogens with one attached hydrogen (secondary N) is 1. The third-order valence-electron chi connectivity index (χ3n) is 4.44. The number of hydrogen-bond donors (Lipinski definition) is 1. The summed E-state index contributed by atoms with van der Waals surface area (Å²) in [6.45, 7) is 6.21. The molecule has 0 atom stereocenters. The Bertz CT molecular complexity index is 664. The van der Waals surface area contributed by atoms with Gasteiger partial charge in [-0.05, 0) is 36.8 Å². The maximum atomic E-state index is 12.4. The number of piperazine rings is 1. The van der Waals surface area contributed by atoms with E-state index in [0.29, 0.717) is 13.0 Å². The average Bonchev–Trinajstić information content (AvgIpc) is 2.63. The number of anilines is 2. The third-order valence-corrected chi connectivity index (χ3v) is 4.44. The molecular weight excluding hydrogens is 298 g/mol. The fraction of sp³-hybridized carbons (Fsp3) is 0.350. The van der Waals surface area contributed by atoms with Crippen LogP contribution in [0.2, 0.25) is 0 Å². The summed E-state index contributed by atoms with van der Waals surface area (Å²) in [6, 6.07) is 18.6. The minimum atomic E-state index is 0.238. The van der Waals surface area contributed by atoms with Crippen LogP contribution in [-0.2, 0) is 4.79 Å². The van der Waals surface area contributed by atoms with Crippen molar-refractivity contribution < 1.29 is 4.79 Å². The fourth-order valence-electron chi connectivity index (χ4n) is 3.07. The first-order chi connectivity index (χ1) is 11.7. The molecule has 4 nitrogen and oxygen atoms in total. The van der Waals surface area contributed by atoms with Crippen molar-refractivity contribution in [3.63, 3.8) is 0 Å². The van der Waals surface area contributed by atoms with Gasteiger partial charge in [0, 0.05) is 50.5 Å². The molecule has 0 aliphatic carbocycles. The van der Waals surface area contributed by atoms with E-state index >= 15 is 0 Å². The fourth-order valence-corrected chi connectivity index (χ4v) is 3.07. The van der Waals surface area contributed by atoms with E-state index in [1.54, 1.807) is 0 Å². The number of rotatable bonds is 5. The maximum Gasteiger partial charge on any atom is 0.224 e. The van der Waals surface area contributed by atoms with Crippen molar-refractivity contribution in [1.29, 1.82) is 0 Å². The number of nitrogens with zero attached hydrogens (tertiary/aromatic N) is 2. The molecule has 0 unspecified atom stereocenters. The van der Waals surface area contributed by atoms with Crippen LogP contribution in [0.25, 0.3) is 0 Å². The van der Waals surface area contributed by atoms with Crippen LogP contribution in [0, 0.1) is 6.92 Å². The van der Waals surface area contributed by atoms with Crippen LogP contribution >= 0.6 is 0 Å². The van der Waals surface area contributed by atoms with E-state index in [2.05, 4.69) is 41.4 Å². The number of carbonyl (C=O) groups is 1. The number of benzene rings is 2. The van der Waals surface area contributed by atoms with Crippen molar-refractivity contribution in [1.82, 2.24) is 4.90 Å². The lowest BCUT2D eigenvalue weighted by atomic mass is 10.2. The van der Waals surface area contributed by atoms with Gasteiger partial charge < -0.3 is 15.1 Å². The molecule has 1 aliphatic heterocycles. The van der Waals surface area contributed by atoms with E-state index in [4.69, 9.17) is 0 Å². The molecular formula is C20H25N3O. The Labute approximate surface area is 144 Å². The van der Waals surface area contributed by atoms with Gasteiger partial charge in [-0.3, -0.25) is 4.79 Å². The van der Waals surface area contributed by atoms with Crippen LogP contribution < -0.4 is 10.2 Å². The van der Waals surface area contributed by atoms with E-state index < -0.39 is 0 Å². The van der Waals surface area contributed by atoms with Gasteiger partial charge in [-0.1, -0.05) is 30.3 Å². The zero-order valence-electron chi connectivity index (χ0n) is 14.2. The van der Waals surface area contributed by atoms with Crippen molar-refractivity contribution in [3.05, 3.63) is 60.2 Å². The number of para-hydroxylation sites is 1. The third kappa shape index (κ3) is 4.28. The summed E-state index contributed by atoms with van der Waals surface area (Å²) >= 11 is 0. The van der Waals surface area contributed by atoms with Crippen molar-refractivity contribution >= 4 is 17.3 Å². The van der Waals surface area contributed by atoms with Crippen LogP contribution in [0.1, 0.15) is 12.0 Å². The lowest BCUT2D eigenvalue weighted by molar-refractivity contribution is -0.131. The van der Waals surface area contributed by atoms with Crippen LogP contribution in [0.5, 0.6) is 0 Å². The van der Waals surface area contributed by atoms with E-state index in [-0.39, 0.29) is 5.91 Å². The van der Waals surface area contributed by atoms with Gasteiger partial charge in [0.05, 0.1) is 0 Å². The minimum Gasteiger partial charge on any atom is -0.385 e. The highest BCUT2D eigenvalue weighted by Gasteiger charge is 2.20. The minimum absolute atomic E-state index is 0.238. The molecule has 0 spiro atoms. The Morgan fingerprint density at radius 3 is 2.46 bits per heavy atom. The van der Waals surface area contributed by atoms with Crippen LogP contribution in [0.15, 0.2) is 54.6 Å². The zero-order chi connectivity index (χ0) is 16.8. The molecule has 1 aliphatic rings. The summed E-state index contributed by atoms with van der Waals surface area (Å²) in [4.78, 5) is 16.7. The molecule has 3 rings (SSSR count). The lowest BCUT2D eigenvalue weighted by Crippen LogP contribution is -2.49. The van der Waals surface area contributed by atoms with Crippen LogP contribution in [0.3, 0.4) is 0 Å². The second-order valence-corrected chi connectivity index (χ2v) is 6.25. The largest absolute Gasteiger partial charge is 0.385 e. The maximum absolute atomic E-state index is 12.4. The molecule has 24 heavy (non-hydrogen) atoms. The number of amides is 1. The van der Waals surface area contributed by atoms with Crippen molar-refractivity contribution in [3.8, 4) is 0 Å². The Balaban J connectivity index is 1.43. The van der Waals surface area contributed by atoms with Crippen LogP contribution in [-0.4, -0.2) is 43.5 Å². The Kier molecular flexibility index (Phi) is 5.36. The van der Waals surface area contributed by atoms with Crippen molar-refractivity contribution in [2.45, 2.75) is 13.3 Å². The summed E-state index contributed by atoms with van der Waals surface area (Å²) in [5.41, 5.74) is 3.60. The van der Waals surface area contributed by atoms with E-state index in [0.717, 1.165) is 31.9 Å². The summed E-state index contributed by atoms with van der Waals surface area (Å²) in [7, 11) is 0. The van der Waals surface area contributed by atoms with Crippen molar-refractivity contribution in [2.75, 3.05) is 42.9 Å². The average molecular weight is 323 g/mol. The molecule has 4 heteroatoms. The zero-order valence-corrected chi connectivity index (χ0v) is 14.2. The van der Waals surface area contributed by atoms with E-state index in [1.807, 2.05) is 35.2 Å². The summed E-state index contributed by atoms with van der Waals surface area (Å²) < 4.78 is 0. The topological polar surface area (TPSA) is 35.6 Å². The molecule has 0 radical (unpaired) electrons. The van der Waals surface area contributed by atoms with Gasteiger partial charge in [-0.15, -0.1) is 0 Å². The monoisotopic (exact) mass is 323 g/mol. The van der Waals surface area contributed by atoms with Gasteiger partial charge in [0.15, 0.2) is 0 Å². The highest BCUT2D eigenvalue weighted by molar-refractivity contribution is 5.77. The smallest absolute Gasteiger partial charge is 0.224 e. The molecule has 1 amide bonds. The summed E-state index contributed by atoms with van der Waals surface area (Å²) in [5, 5.41) is 3.30. The number of aryl methyl sites for hydroxylation is 1. The summed E-state index contributed by atoms with van der Waals surface area (Å²) in [6.07, 6.45) is 0.541. The Morgan fingerprint density at radius 1 is 1.00 bits per heavy atom. The second-order valence-electron chi connectivity index (χ2n) is 6.25. The van der Waals surface area contributed by atoms with Gasteiger partial charge >= 0.3 is 0 Å². The highest BCUT2D eigenvalue weighted by Crippen LogP contribution is 2.18. The molecule has 1 saturated heterocycles. The first kappa shape index (κ1) is 16.4. The quantitative estimate of drug-likeness (QED) is 0.918. The first-order valence-corrected chi connectivity index (χ1v) is 8.61. The standard InChI is InChI=1S/C20H25N3O/c1-17-6-5-9-19(16-17)22-12-14-23(15-13-22)20(24)10-11-21-18-7-3-2-4-8-18/h2-9,16,21H,10-15H2,1H3.